The minimum absolute atomic E-state index is 0.0474. The molecule has 1 atom stereocenters. The number of esters is 1. The van der Waals surface area contributed by atoms with Crippen LogP contribution in [0.4, 0.5) is 5.69 Å². The number of amides is 1. The number of nitrogens with one attached hydrogen (secondary N) is 2. The molecular formula is C19H22N2O5S. The molecule has 0 saturated carbocycles. The molecule has 144 valence electrons. The zero-order valence-electron chi connectivity index (χ0n) is 15.4. The molecule has 0 unspecified atom stereocenters. The van der Waals surface area contributed by atoms with Crippen molar-refractivity contribution in [3.8, 4) is 0 Å². The van der Waals surface area contributed by atoms with E-state index in [9.17, 15) is 18.0 Å². The molecule has 0 aliphatic carbocycles. The molecule has 2 aromatic rings. The molecule has 0 heterocycles. The van der Waals surface area contributed by atoms with Crippen molar-refractivity contribution in [3.63, 3.8) is 0 Å². The first kappa shape index (κ1) is 20.6. The highest BCUT2D eigenvalue weighted by Gasteiger charge is 2.20. The number of hydrogen-bond acceptors (Lipinski definition) is 5. The Balaban J connectivity index is 2.00. The van der Waals surface area contributed by atoms with Crippen LogP contribution in [0.15, 0.2) is 53.4 Å². The van der Waals surface area contributed by atoms with Crippen LogP contribution in [0.5, 0.6) is 0 Å². The van der Waals surface area contributed by atoms with E-state index in [0.717, 1.165) is 5.56 Å². The first-order chi connectivity index (χ1) is 12.7. The van der Waals surface area contributed by atoms with E-state index < -0.39 is 28.0 Å². The third-order valence-corrected chi connectivity index (χ3v) is 5.23. The third kappa shape index (κ3) is 5.63. The summed E-state index contributed by atoms with van der Waals surface area (Å²) in [6.45, 7) is 5.30. The van der Waals surface area contributed by atoms with Crippen molar-refractivity contribution in [3.05, 3.63) is 59.7 Å². The molecule has 2 N–H and O–H groups in total. The lowest BCUT2D eigenvalue weighted by Crippen LogP contribution is -2.30. The van der Waals surface area contributed by atoms with Crippen LogP contribution >= 0.6 is 0 Å². The van der Waals surface area contributed by atoms with Crippen LogP contribution in [-0.4, -0.2) is 32.9 Å². The van der Waals surface area contributed by atoms with Gasteiger partial charge < -0.3 is 10.1 Å². The number of ether oxygens (including phenoxy) is 1. The Morgan fingerprint density at radius 1 is 1.11 bits per heavy atom. The van der Waals surface area contributed by atoms with Gasteiger partial charge in [-0.25, -0.2) is 17.9 Å². The number of aryl methyl sites for hydroxylation is 1. The maximum atomic E-state index is 12.2. The summed E-state index contributed by atoms with van der Waals surface area (Å²) in [6.07, 6.45) is -1.01. The van der Waals surface area contributed by atoms with Gasteiger partial charge in [0.05, 0.1) is 10.5 Å². The highest BCUT2D eigenvalue weighted by molar-refractivity contribution is 7.89. The zero-order chi connectivity index (χ0) is 20.0. The lowest BCUT2D eigenvalue weighted by molar-refractivity contribution is -0.123. The molecule has 0 radical (unpaired) electrons. The highest BCUT2D eigenvalue weighted by atomic mass is 32.2. The van der Waals surface area contributed by atoms with E-state index in [4.69, 9.17) is 4.74 Å². The van der Waals surface area contributed by atoms with Gasteiger partial charge in [0.25, 0.3) is 5.91 Å². The molecule has 0 aliphatic heterocycles. The van der Waals surface area contributed by atoms with Crippen LogP contribution in [-0.2, 0) is 19.6 Å². The van der Waals surface area contributed by atoms with E-state index in [1.54, 1.807) is 19.1 Å². The second kappa shape index (κ2) is 8.79. The number of carbonyl (C=O) groups excluding carboxylic acids is 2. The van der Waals surface area contributed by atoms with E-state index in [2.05, 4.69) is 10.0 Å². The van der Waals surface area contributed by atoms with Crippen molar-refractivity contribution in [1.82, 2.24) is 4.72 Å². The summed E-state index contributed by atoms with van der Waals surface area (Å²) >= 11 is 0. The largest absolute Gasteiger partial charge is 0.449 e. The standard InChI is InChI=1S/C19H22N2O5S/c1-4-20-27(24,25)17-10-8-15(9-11-17)19(23)26-14(3)18(22)21-16-7-5-6-13(2)12-16/h5-12,14,20H,4H2,1-3H3,(H,21,22)/t14-/m1/s1. The number of rotatable bonds is 7. The molecule has 0 fully saturated rings. The summed E-state index contributed by atoms with van der Waals surface area (Å²) in [5.41, 5.74) is 1.76. The van der Waals surface area contributed by atoms with Crippen LogP contribution in [0.1, 0.15) is 29.8 Å². The van der Waals surface area contributed by atoms with Crippen molar-refractivity contribution >= 4 is 27.6 Å². The van der Waals surface area contributed by atoms with Gasteiger partial charge >= 0.3 is 5.97 Å². The van der Waals surface area contributed by atoms with Crippen molar-refractivity contribution in [1.29, 1.82) is 0 Å². The molecule has 2 rings (SSSR count). The number of carbonyl (C=O) groups is 2. The Morgan fingerprint density at radius 3 is 2.37 bits per heavy atom. The molecular weight excluding hydrogens is 368 g/mol. The van der Waals surface area contributed by atoms with E-state index in [1.165, 1.54) is 31.2 Å². The summed E-state index contributed by atoms with van der Waals surface area (Å²) in [7, 11) is -3.59. The predicted molar refractivity (Wildman–Crippen MR) is 102 cm³/mol. The molecule has 1 amide bonds. The SMILES string of the molecule is CCNS(=O)(=O)c1ccc(C(=O)O[C@H](C)C(=O)Nc2cccc(C)c2)cc1. The average molecular weight is 390 g/mol. The highest BCUT2D eigenvalue weighted by Crippen LogP contribution is 2.13. The Kier molecular flexibility index (Phi) is 6.70. The van der Waals surface area contributed by atoms with E-state index >= 15 is 0 Å². The summed E-state index contributed by atoms with van der Waals surface area (Å²) in [5.74, 6) is -1.17. The van der Waals surface area contributed by atoms with Gasteiger partial charge in [0, 0.05) is 12.2 Å². The third-order valence-electron chi connectivity index (χ3n) is 3.67. The quantitative estimate of drug-likeness (QED) is 0.707. The summed E-state index contributed by atoms with van der Waals surface area (Å²) in [5, 5.41) is 2.68. The van der Waals surface area contributed by atoms with Gasteiger partial charge in [0.1, 0.15) is 0 Å². The molecule has 0 saturated heterocycles. The summed E-state index contributed by atoms with van der Waals surface area (Å²) in [4.78, 5) is 24.4. The second-order valence-corrected chi connectivity index (χ2v) is 7.70. The van der Waals surface area contributed by atoms with Gasteiger partial charge in [-0.1, -0.05) is 19.1 Å². The number of sulfonamides is 1. The molecule has 8 heteroatoms. The van der Waals surface area contributed by atoms with E-state index in [1.807, 2.05) is 19.1 Å². The van der Waals surface area contributed by atoms with Crippen molar-refractivity contribution in [2.45, 2.75) is 31.8 Å². The average Bonchev–Trinajstić information content (AvgIpc) is 2.61. The van der Waals surface area contributed by atoms with Crippen LogP contribution < -0.4 is 10.0 Å². The van der Waals surface area contributed by atoms with Crippen molar-refractivity contribution in [2.24, 2.45) is 0 Å². The van der Waals surface area contributed by atoms with Gasteiger partial charge in [-0.15, -0.1) is 0 Å². The number of benzene rings is 2. The van der Waals surface area contributed by atoms with Gasteiger partial charge in [-0.2, -0.15) is 0 Å². The van der Waals surface area contributed by atoms with Gasteiger partial charge in [0.2, 0.25) is 10.0 Å². The number of hydrogen-bond donors (Lipinski definition) is 2. The van der Waals surface area contributed by atoms with Gasteiger partial charge in [0.15, 0.2) is 6.10 Å². The maximum absolute atomic E-state index is 12.2. The Labute approximate surface area is 158 Å². The zero-order valence-corrected chi connectivity index (χ0v) is 16.2. The van der Waals surface area contributed by atoms with Crippen LogP contribution in [0, 0.1) is 6.92 Å². The molecule has 0 aromatic heterocycles. The van der Waals surface area contributed by atoms with Crippen LogP contribution in [0.3, 0.4) is 0 Å². The molecule has 0 aliphatic rings. The molecule has 27 heavy (non-hydrogen) atoms. The normalized spacial score (nSPS) is 12.3. The van der Waals surface area contributed by atoms with Gasteiger partial charge in [-0.3, -0.25) is 4.79 Å². The fourth-order valence-electron chi connectivity index (χ4n) is 2.29. The molecule has 7 nitrogen and oxygen atoms in total. The topological polar surface area (TPSA) is 102 Å². The minimum Gasteiger partial charge on any atom is -0.449 e. The van der Waals surface area contributed by atoms with Crippen molar-refractivity contribution in [2.75, 3.05) is 11.9 Å². The van der Waals surface area contributed by atoms with Crippen LogP contribution in [0.25, 0.3) is 0 Å². The molecule has 0 bridgehead atoms. The van der Waals surface area contributed by atoms with E-state index in [0.29, 0.717) is 5.69 Å². The Hall–Kier alpha value is -2.71. The van der Waals surface area contributed by atoms with Gasteiger partial charge in [-0.05, 0) is 55.8 Å². The lowest BCUT2D eigenvalue weighted by Gasteiger charge is -2.14. The molecule has 2 aromatic carbocycles. The molecule has 0 spiro atoms. The summed E-state index contributed by atoms with van der Waals surface area (Å²) in [6, 6.07) is 12.6. The fraction of sp³-hybridized carbons (Fsp3) is 0.263. The van der Waals surface area contributed by atoms with Crippen LogP contribution in [0.2, 0.25) is 0 Å². The monoisotopic (exact) mass is 390 g/mol. The number of anilines is 1. The van der Waals surface area contributed by atoms with E-state index in [-0.39, 0.29) is 17.0 Å². The first-order valence-corrected chi connectivity index (χ1v) is 9.89. The first-order valence-electron chi connectivity index (χ1n) is 8.41. The maximum Gasteiger partial charge on any atom is 0.338 e. The lowest BCUT2D eigenvalue weighted by atomic mass is 10.2. The predicted octanol–water partition coefficient (Wildman–Crippen LogP) is 2.48. The minimum atomic E-state index is -3.59. The fourth-order valence-corrected chi connectivity index (χ4v) is 3.33. The second-order valence-electron chi connectivity index (χ2n) is 5.93. The van der Waals surface area contributed by atoms with Crippen molar-refractivity contribution < 1.29 is 22.7 Å². The smallest absolute Gasteiger partial charge is 0.338 e. The Morgan fingerprint density at radius 2 is 1.78 bits per heavy atom. The summed E-state index contributed by atoms with van der Waals surface area (Å²) < 4.78 is 31.3. The Bertz CT molecular complexity index is 923.